The lowest BCUT2D eigenvalue weighted by molar-refractivity contribution is -0.143. The Balaban J connectivity index is 1.48. The number of thioether (sulfide) groups is 1. The second-order valence-electron chi connectivity index (χ2n) is 15.7. The Morgan fingerprint density at radius 1 is 0.879 bits per heavy atom. The molecule has 1 heterocycles. The molecule has 58 heavy (non-hydrogen) atoms. The molecule has 1 aliphatic carbocycles. The Morgan fingerprint density at radius 3 is 2.16 bits per heavy atom. The molecule has 2 aliphatic rings. The molecule has 0 spiro atoms. The average molecular weight is 821 g/mol. The lowest BCUT2D eigenvalue weighted by Gasteiger charge is -2.34. The molecule has 1 aliphatic heterocycles. The third-order valence-corrected chi connectivity index (χ3v) is 11.7. The van der Waals surface area contributed by atoms with E-state index in [9.17, 15) is 33.6 Å². The van der Waals surface area contributed by atoms with Gasteiger partial charge >= 0.3 is 6.09 Å². The fraction of sp³-hybridized carbons (Fsp3) is 0.558. The fourth-order valence-electron chi connectivity index (χ4n) is 7.27. The molecule has 2 aromatic rings. The summed E-state index contributed by atoms with van der Waals surface area (Å²) in [4.78, 5) is 97.2. The van der Waals surface area contributed by atoms with Crippen molar-refractivity contribution in [2.75, 3.05) is 33.8 Å². The summed E-state index contributed by atoms with van der Waals surface area (Å²) in [5.41, 5.74) is 1.65. The number of carbonyl (C=O) groups excluding carboxylic acids is 7. The molecule has 4 N–H and O–H groups in total. The summed E-state index contributed by atoms with van der Waals surface area (Å²) in [7, 11) is 3.13. The number of likely N-dealkylation sites (tertiary alicyclic amines) is 1. The minimum atomic E-state index is -1.22. The molecule has 4 rings (SSSR count). The quantitative estimate of drug-likeness (QED) is 0.152. The van der Waals surface area contributed by atoms with E-state index < -0.39 is 60.3 Å². The van der Waals surface area contributed by atoms with Crippen LogP contribution in [0.3, 0.4) is 0 Å². The van der Waals surface area contributed by atoms with Gasteiger partial charge in [0.1, 0.15) is 18.1 Å². The van der Waals surface area contributed by atoms with Gasteiger partial charge in [0.05, 0.1) is 19.2 Å². The largest absolute Gasteiger partial charge is 0.449 e. The van der Waals surface area contributed by atoms with E-state index in [1.807, 2.05) is 51.1 Å². The van der Waals surface area contributed by atoms with E-state index in [0.717, 1.165) is 37.7 Å². The zero-order valence-corrected chi connectivity index (χ0v) is 35.2. The molecule has 1 saturated carbocycles. The summed E-state index contributed by atoms with van der Waals surface area (Å²) in [5.74, 6) is -3.39. The Morgan fingerprint density at radius 2 is 1.53 bits per heavy atom. The number of alkyl carbamates (subject to hydrolysis) is 1. The molecule has 316 valence electrons. The van der Waals surface area contributed by atoms with Gasteiger partial charge in [-0.25, -0.2) is 4.79 Å². The van der Waals surface area contributed by atoms with Gasteiger partial charge in [-0.3, -0.25) is 28.8 Å². The third kappa shape index (κ3) is 13.6. The van der Waals surface area contributed by atoms with Gasteiger partial charge in [0.25, 0.3) is 5.91 Å². The molecule has 2 aromatic carbocycles. The van der Waals surface area contributed by atoms with Crippen LogP contribution in [0.5, 0.6) is 0 Å². The maximum absolute atomic E-state index is 14.6. The molecule has 0 bridgehead atoms. The minimum Gasteiger partial charge on any atom is -0.449 e. The summed E-state index contributed by atoms with van der Waals surface area (Å²) in [6.45, 7) is 5.52. The summed E-state index contributed by atoms with van der Waals surface area (Å²) >= 11 is 1.63. The standard InChI is InChI=1S/C43H60N6O8S/c1-6-16-33(38(51)40(53)44-24-35(50)46-36(41(54)48(4)5)30-19-12-8-13-20-30)45-39(52)34-23-32(58-27-29-17-10-7-11-18-29)25-49(34)42(55)37(31-21-14-9-15-22-31)47-43(56)57-26-28(2)3/h7-8,10-13,17-20,28,31-34,36-37H,6,9,14-16,21-27H2,1-5H3,(H,44,53)(H,45,52)(H,46,50)(H,47,56)/t32-,33?,34?,36?,37+/m1/s1. The first-order valence-electron chi connectivity index (χ1n) is 20.4. The van der Waals surface area contributed by atoms with Crippen LogP contribution in [0.1, 0.15) is 89.3 Å². The van der Waals surface area contributed by atoms with Gasteiger partial charge in [0, 0.05) is 31.6 Å². The molecule has 15 heteroatoms. The Hall–Kier alpha value is -4.92. The SMILES string of the molecule is CCCC(NC(=O)C1C[C@@H](SCc2ccccc2)CN1C(=O)[C@@H](NC(=O)OCC(C)C)C1CCCCC1)C(=O)C(=O)NCC(=O)NC(C(=O)N(C)C)c1ccccc1. The van der Waals surface area contributed by atoms with Crippen molar-refractivity contribution < 1.29 is 38.3 Å². The lowest BCUT2D eigenvalue weighted by Crippen LogP contribution is -2.58. The first kappa shape index (κ1) is 45.8. The minimum absolute atomic E-state index is 0.104. The molecule has 14 nitrogen and oxygen atoms in total. The Kier molecular flexibility index (Phi) is 18.1. The normalized spacial score (nSPS) is 18.3. The highest BCUT2D eigenvalue weighted by atomic mass is 32.2. The van der Waals surface area contributed by atoms with Crippen LogP contribution in [0.2, 0.25) is 0 Å². The third-order valence-electron chi connectivity index (χ3n) is 10.4. The molecule has 6 amide bonds. The van der Waals surface area contributed by atoms with E-state index in [4.69, 9.17) is 4.74 Å². The van der Waals surface area contributed by atoms with E-state index in [-0.39, 0.29) is 48.5 Å². The molecule has 1 saturated heterocycles. The number of benzene rings is 2. The second kappa shape index (κ2) is 22.9. The van der Waals surface area contributed by atoms with Crippen molar-refractivity contribution in [3.63, 3.8) is 0 Å². The van der Waals surface area contributed by atoms with Crippen LogP contribution in [0.4, 0.5) is 4.79 Å². The molecule has 3 unspecified atom stereocenters. The average Bonchev–Trinajstić information content (AvgIpc) is 3.67. The van der Waals surface area contributed by atoms with Crippen molar-refractivity contribution in [3.05, 3.63) is 71.8 Å². The number of hydrogen-bond acceptors (Lipinski definition) is 9. The van der Waals surface area contributed by atoms with Crippen LogP contribution in [0.15, 0.2) is 60.7 Å². The highest BCUT2D eigenvalue weighted by molar-refractivity contribution is 7.99. The number of ether oxygens (including phenoxy) is 1. The van der Waals surface area contributed by atoms with Crippen molar-refractivity contribution in [1.29, 1.82) is 0 Å². The van der Waals surface area contributed by atoms with Gasteiger partial charge in [0.15, 0.2) is 0 Å². The monoisotopic (exact) mass is 820 g/mol. The number of Topliss-reactive ketones (excluding diaryl/α,β-unsaturated/α-hetero) is 1. The van der Waals surface area contributed by atoms with Gasteiger partial charge in [-0.1, -0.05) is 107 Å². The molecule has 0 radical (unpaired) electrons. The van der Waals surface area contributed by atoms with Crippen LogP contribution >= 0.6 is 11.8 Å². The maximum Gasteiger partial charge on any atom is 0.407 e. The zero-order valence-electron chi connectivity index (χ0n) is 34.4. The second-order valence-corrected chi connectivity index (χ2v) is 17.0. The number of rotatable bonds is 19. The van der Waals surface area contributed by atoms with Gasteiger partial charge in [-0.15, -0.1) is 0 Å². The van der Waals surface area contributed by atoms with E-state index in [0.29, 0.717) is 24.2 Å². The summed E-state index contributed by atoms with van der Waals surface area (Å²) in [6.07, 6.45) is 4.58. The van der Waals surface area contributed by atoms with Crippen molar-refractivity contribution in [3.8, 4) is 0 Å². The van der Waals surface area contributed by atoms with Crippen molar-refractivity contribution in [2.45, 2.75) is 107 Å². The van der Waals surface area contributed by atoms with Crippen LogP contribution in [-0.2, 0) is 39.3 Å². The van der Waals surface area contributed by atoms with Crippen molar-refractivity contribution in [1.82, 2.24) is 31.1 Å². The van der Waals surface area contributed by atoms with Crippen molar-refractivity contribution in [2.24, 2.45) is 11.8 Å². The number of carbonyl (C=O) groups is 7. The number of hydrogen-bond donors (Lipinski definition) is 4. The smallest absolute Gasteiger partial charge is 0.407 e. The Bertz CT molecular complexity index is 1700. The van der Waals surface area contributed by atoms with Crippen LogP contribution in [-0.4, -0.2) is 108 Å². The van der Waals surface area contributed by atoms with E-state index >= 15 is 0 Å². The summed E-state index contributed by atoms with van der Waals surface area (Å²) in [6, 6.07) is 14.4. The summed E-state index contributed by atoms with van der Waals surface area (Å²) in [5, 5.41) is 10.5. The predicted octanol–water partition coefficient (Wildman–Crippen LogP) is 4.14. The molecule has 0 aromatic heterocycles. The lowest BCUT2D eigenvalue weighted by atomic mass is 9.83. The van der Waals surface area contributed by atoms with Crippen LogP contribution < -0.4 is 21.3 Å². The predicted molar refractivity (Wildman–Crippen MR) is 222 cm³/mol. The number of nitrogens with zero attached hydrogens (tertiary/aromatic N) is 2. The number of likely N-dealkylation sites (N-methyl/N-ethyl adjacent to an activating group) is 1. The number of amides is 6. The van der Waals surface area contributed by atoms with E-state index in [2.05, 4.69) is 21.3 Å². The van der Waals surface area contributed by atoms with E-state index in [1.54, 1.807) is 56.2 Å². The fourth-order valence-corrected chi connectivity index (χ4v) is 8.48. The van der Waals surface area contributed by atoms with Crippen LogP contribution in [0.25, 0.3) is 0 Å². The van der Waals surface area contributed by atoms with Crippen LogP contribution in [0, 0.1) is 11.8 Å². The molecule has 2 fully saturated rings. The topological polar surface area (TPSA) is 183 Å². The Labute approximate surface area is 346 Å². The summed E-state index contributed by atoms with van der Waals surface area (Å²) < 4.78 is 5.42. The highest BCUT2D eigenvalue weighted by Gasteiger charge is 2.45. The molecule has 5 atom stereocenters. The van der Waals surface area contributed by atoms with Gasteiger partial charge in [-0.2, -0.15) is 11.8 Å². The molecular formula is C43H60N6O8S. The zero-order chi connectivity index (χ0) is 42.2. The molecular weight excluding hydrogens is 761 g/mol. The van der Waals surface area contributed by atoms with E-state index in [1.165, 1.54) is 9.80 Å². The number of nitrogens with one attached hydrogen (secondary N) is 4. The first-order valence-corrected chi connectivity index (χ1v) is 21.4. The maximum atomic E-state index is 14.6. The van der Waals surface area contributed by atoms with Gasteiger partial charge < -0.3 is 35.8 Å². The van der Waals surface area contributed by atoms with Crippen molar-refractivity contribution >= 4 is 53.2 Å². The number of ketones is 1. The first-order chi connectivity index (χ1) is 27.8. The van der Waals surface area contributed by atoms with Gasteiger partial charge in [-0.05, 0) is 48.6 Å². The highest BCUT2D eigenvalue weighted by Crippen LogP contribution is 2.33. The van der Waals surface area contributed by atoms with Gasteiger partial charge in [0.2, 0.25) is 29.4 Å².